The maximum Gasteiger partial charge on any atom is 0.272 e. The first-order valence-corrected chi connectivity index (χ1v) is 8.62. The van der Waals surface area contributed by atoms with Crippen molar-refractivity contribution < 1.29 is 4.79 Å². The van der Waals surface area contributed by atoms with Crippen LogP contribution >= 0.6 is 11.6 Å². The van der Waals surface area contributed by atoms with Gasteiger partial charge < -0.3 is 10.2 Å². The number of hydrogen-bond acceptors (Lipinski definition) is 4. The molecular formula is C18H23ClN4O. The SMILES string of the molecule is CCCN(CCC)C(=O)c1cc(NCc2ccccc2Cl)ncn1. The van der Waals surface area contributed by atoms with Gasteiger partial charge in [-0.3, -0.25) is 4.79 Å². The van der Waals surface area contributed by atoms with Crippen LogP contribution in [0.2, 0.25) is 5.02 Å². The average molecular weight is 347 g/mol. The van der Waals surface area contributed by atoms with Gasteiger partial charge in [0.1, 0.15) is 17.8 Å². The topological polar surface area (TPSA) is 58.1 Å². The van der Waals surface area contributed by atoms with E-state index in [1.54, 1.807) is 6.07 Å². The fraction of sp³-hybridized carbons (Fsp3) is 0.389. The maximum absolute atomic E-state index is 12.6. The van der Waals surface area contributed by atoms with Crippen molar-refractivity contribution in [2.75, 3.05) is 18.4 Å². The van der Waals surface area contributed by atoms with Gasteiger partial charge in [0.25, 0.3) is 5.91 Å². The lowest BCUT2D eigenvalue weighted by Crippen LogP contribution is -2.33. The van der Waals surface area contributed by atoms with Gasteiger partial charge >= 0.3 is 0 Å². The molecule has 1 heterocycles. The van der Waals surface area contributed by atoms with E-state index in [2.05, 4.69) is 29.1 Å². The molecule has 6 heteroatoms. The molecule has 0 atom stereocenters. The zero-order valence-corrected chi connectivity index (χ0v) is 14.9. The van der Waals surface area contributed by atoms with Gasteiger partial charge in [0, 0.05) is 30.7 Å². The van der Waals surface area contributed by atoms with Crippen molar-refractivity contribution >= 4 is 23.3 Å². The Kier molecular flexibility index (Phi) is 7.00. The quantitative estimate of drug-likeness (QED) is 0.784. The summed E-state index contributed by atoms with van der Waals surface area (Å²) in [4.78, 5) is 22.7. The van der Waals surface area contributed by atoms with Gasteiger partial charge in [-0.05, 0) is 24.5 Å². The van der Waals surface area contributed by atoms with Gasteiger partial charge in [0.2, 0.25) is 0 Å². The Morgan fingerprint density at radius 1 is 1.17 bits per heavy atom. The normalized spacial score (nSPS) is 10.5. The summed E-state index contributed by atoms with van der Waals surface area (Å²) in [6.45, 7) is 6.13. The summed E-state index contributed by atoms with van der Waals surface area (Å²) < 4.78 is 0. The number of hydrogen-bond donors (Lipinski definition) is 1. The van der Waals surface area contributed by atoms with Gasteiger partial charge in [-0.1, -0.05) is 43.6 Å². The van der Waals surface area contributed by atoms with E-state index < -0.39 is 0 Å². The molecule has 1 amide bonds. The average Bonchev–Trinajstić information content (AvgIpc) is 2.60. The zero-order valence-electron chi connectivity index (χ0n) is 14.1. The molecule has 2 aromatic rings. The number of aromatic nitrogens is 2. The molecule has 0 unspecified atom stereocenters. The van der Waals surface area contributed by atoms with Gasteiger partial charge in [0.05, 0.1) is 0 Å². The van der Waals surface area contributed by atoms with E-state index in [0.29, 0.717) is 23.1 Å². The Hall–Kier alpha value is -2.14. The first-order chi connectivity index (χ1) is 11.7. The predicted octanol–water partition coefficient (Wildman–Crippen LogP) is 4.00. The number of benzene rings is 1. The second-order valence-electron chi connectivity index (χ2n) is 5.53. The van der Waals surface area contributed by atoms with Crippen LogP contribution in [-0.4, -0.2) is 33.9 Å². The minimum Gasteiger partial charge on any atom is -0.366 e. The number of nitrogens with one attached hydrogen (secondary N) is 1. The van der Waals surface area contributed by atoms with Gasteiger partial charge in [-0.2, -0.15) is 0 Å². The van der Waals surface area contributed by atoms with E-state index in [-0.39, 0.29) is 5.91 Å². The third kappa shape index (κ3) is 4.93. The molecule has 128 valence electrons. The largest absolute Gasteiger partial charge is 0.366 e. The minimum absolute atomic E-state index is 0.0538. The zero-order chi connectivity index (χ0) is 17.4. The molecule has 0 spiro atoms. The fourth-order valence-electron chi connectivity index (χ4n) is 2.42. The van der Waals surface area contributed by atoms with E-state index >= 15 is 0 Å². The molecule has 0 fully saturated rings. The first kappa shape index (κ1) is 18.2. The summed E-state index contributed by atoms with van der Waals surface area (Å²) in [5, 5.41) is 3.89. The molecule has 0 aliphatic heterocycles. The third-order valence-electron chi connectivity index (χ3n) is 3.58. The van der Waals surface area contributed by atoms with Crippen LogP contribution < -0.4 is 5.32 Å². The van der Waals surface area contributed by atoms with Crippen LogP contribution in [-0.2, 0) is 6.54 Å². The molecule has 0 saturated carbocycles. The highest BCUT2D eigenvalue weighted by atomic mass is 35.5. The summed E-state index contributed by atoms with van der Waals surface area (Å²) in [7, 11) is 0. The first-order valence-electron chi connectivity index (χ1n) is 8.24. The highest BCUT2D eigenvalue weighted by Gasteiger charge is 2.16. The highest BCUT2D eigenvalue weighted by Crippen LogP contribution is 2.16. The van der Waals surface area contributed by atoms with Crippen LogP contribution in [0.25, 0.3) is 0 Å². The monoisotopic (exact) mass is 346 g/mol. The molecule has 2 rings (SSSR count). The Labute approximate surface area is 148 Å². The second kappa shape index (κ2) is 9.23. The van der Waals surface area contributed by atoms with Crippen molar-refractivity contribution in [2.45, 2.75) is 33.2 Å². The molecule has 5 nitrogen and oxygen atoms in total. The lowest BCUT2D eigenvalue weighted by atomic mass is 10.2. The summed E-state index contributed by atoms with van der Waals surface area (Å²) in [5.74, 6) is 0.558. The summed E-state index contributed by atoms with van der Waals surface area (Å²) in [6.07, 6.45) is 3.26. The van der Waals surface area contributed by atoms with Crippen LogP contribution in [0.3, 0.4) is 0 Å². The number of carbonyl (C=O) groups excluding carboxylic acids is 1. The number of anilines is 1. The Bertz CT molecular complexity index is 672. The summed E-state index contributed by atoms with van der Waals surface area (Å²) >= 11 is 6.15. The smallest absolute Gasteiger partial charge is 0.272 e. The predicted molar refractivity (Wildman–Crippen MR) is 97.3 cm³/mol. The number of halogens is 1. The summed E-state index contributed by atoms with van der Waals surface area (Å²) in [5.41, 5.74) is 1.39. The Morgan fingerprint density at radius 3 is 2.54 bits per heavy atom. The van der Waals surface area contributed by atoms with Crippen molar-refractivity contribution in [3.63, 3.8) is 0 Å². The van der Waals surface area contributed by atoms with E-state index in [0.717, 1.165) is 31.5 Å². The van der Waals surface area contributed by atoms with E-state index in [9.17, 15) is 4.79 Å². The van der Waals surface area contributed by atoms with Crippen molar-refractivity contribution in [2.24, 2.45) is 0 Å². The van der Waals surface area contributed by atoms with E-state index in [1.807, 2.05) is 29.2 Å². The lowest BCUT2D eigenvalue weighted by Gasteiger charge is -2.21. The lowest BCUT2D eigenvalue weighted by molar-refractivity contribution is 0.0749. The standard InChI is InChI=1S/C18H23ClN4O/c1-3-9-23(10-4-2)18(24)16-11-17(22-13-21-16)20-12-14-7-5-6-8-15(14)19/h5-8,11,13H,3-4,9-10,12H2,1-2H3,(H,20,21,22). The van der Waals surface area contributed by atoms with Crippen LogP contribution in [0.4, 0.5) is 5.82 Å². The van der Waals surface area contributed by atoms with Crippen LogP contribution in [0, 0.1) is 0 Å². The molecular weight excluding hydrogens is 324 g/mol. The van der Waals surface area contributed by atoms with Crippen molar-refractivity contribution in [3.05, 3.63) is 52.9 Å². The van der Waals surface area contributed by atoms with Gasteiger partial charge in [-0.15, -0.1) is 0 Å². The van der Waals surface area contributed by atoms with Crippen molar-refractivity contribution in [1.82, 2.24) is 14.9 Å². The third-order valence-corrected chi connectivity index (χ3v) is 3.95. The Balaban J connectivity index is 2.07. The van der Waals surface area contributed by atoms with Gasteiger partial charge in [0.15, 0.2) is 0 Å². The van der Waals surface area contributed by atoms with Crippen molar-refractivity contribution in [3.8, 4) is 0 Å². The van der Waals surface area contributed by atoms with Crippen LogP contribution in [0.1, 0.15) is 42.7 Å². The molecule has 1 N–H and O–H groups in total. The van der Waals surface area contributed by atoms with Gasteiger partial charge in [-0.25, -0.2) is 9.97 Å². The molecule has 1 aromatic heterocycles. The molecule has 1 aromatic carbocycles. The molecule has 0 bridgehead atoms. The molecule has 0 saturated heterocycles. The second-order valence-corrected chi connectivity index (χ2v) is 5.93. The fourth-order valence-corrected chi connectivity index (χ4v) is 2.62. The molecule has 0 aliphatic carbocycles. The number of rotatable bonds is 8. The maximum atomic E-state index is 12.6. The van der Waals surface area contributed by atoms with E-state index in [4.69, 9.17) is 11.6 Å². The van der Waals surface area contributed by atoms with Crippen LogP contribution in [0.15, 0.2) is 36.7 Å². The molecule has 0 aliphatic rings. The number of carbonyl (C=O) groups is 1. The molecule has 24 heavy (non-hydrogen) atoms. The minimum atomic E-state index is -0.0538. The van der Waals surface area contributed by atoms with Crippen molar-refractivity contribution in [1.29, 1.82) is 0 Å². The highest BCUT2D eigenvalue weighted by molar-refractivity contribution is 6.31. The Morgan fingerprint density at radius 2 is 1.88 bits per heavy atom. The number of amides is 1. The van der Waals surface area contributed by atoms with E-state index in [1.165, 1.54) is 6.33 Å². The molecule has 0 radical (unpaired) electrons. The van der Waals surface area contributed by atoms with Crippen LogP contribution in [0.5, 0.6) is 0 Å². The summed E-state index contributed by atoms with van der Waals surface area (Å²) in [6, 6.07) is 9.32. The number of nitrogens with zero attached hydrogens (tertiary/aromatic N) is 3.